The number of carbonyl (C=O) groups excluding carboxylic acids is 3. The fourth-order valence-corrected chi connectivity index (χ4v) is 5.66. The zero-order valence-corrected chi connectivity index (χ0v) is 23.4. The molecule has 3 amide bonds. The number of nitrogens with zero attached hydrogens (tertiary/aromatic N) is 1. The Bertz CT molecular complexity index is 810. The van der Waals surface area contributed by atoms with Crippen molar-refractivity contribution >= 4 is 29.7 Å². The Labute approximate surface area is 231 Å². The lowest BCUT2D eigenvalue weighted by Crippen LogP contribution is -2.54. The molecule has 1 aliphatic heterocycles. The van der Waals surface area contributed by atoms with E-state index in [1.807, 2.05) is 0 Å². The third-order valence-electron chi connectivity index (χ3n) is 8.01. The van der Waals surface area contributed by atoms with Crippen molar-refractivity contribution in [1.29, 1.82) is 0 Å². The highest BCUT2D eigenvalue weighted by Crippen LogP contribution is 2.28. The molecule has 11 heteroatoms. The minimum atomic E-state index is -1.44. The highest BCUT2D eigenvalue weighted by Gasteiger charge is 2.29. The first kappa shape index (κ1) is 32.5. The fourth-order valence-electron chi connectivity index (χ4n) is 5.66. The summed E-state index contributed by atoms with van der Waals surface area (Å²) in [5, 5.41) is 27.0. The molecule has 2 aliphatic rings. The van der Waals surface area contributed by atoms with Gasteiger partial charge in [0.15, 0.2) is 0 Å². The molecule has 39 heavy (non-hydrogen) atoms. The molecule has 1 saturated carbocycles. The quantitative estimate of drug-likeness (QED) is 0.183. The molecule has 1 aliphatic carbocycles. The average molecular weight is 553 g/mol. The summed E-state index contributed by atoms with van der Waals surface area (Å²) in [4.78, 5) is 62.8. The molecule has 222 valence electrons. The number of likely N-dealkylation sites (N-methyl/N-ethyl adjacent to an activating group) is 1. The van der Waals surface area contributed by atoms with Crippen LogP contribution in [0.2, 0.25) is 0 Å². The maximum Gasteiger partial charge on any atom is 0.326 e. The maximum absolute atomic E-state index is 12.8. The van der Waals surface area contributed by atoms with Gasteiger partial charge >= 0.3 is 11.9 Å². The van der Waals surface area contributed by atoms with Crippen molar-refractivity contribution < 1.29 is 34.2 Å². The van der Waals surface area contributed by atoms with Gasteiger partial charge in [-0.15, -0.1) is 0 Å². The van der Waals surface area contributed by atoms with Crippen LogP contribution in [0.1, 0.15) is 96.8 Å². The van der Waals surface area contributed by atoms with Crippen LogP contribution in [0.3, 0.4) is 0 Å². The van der Waals surface area contributed by atoms with Crippen molar-refractivity contribution in [3.05, 3.63) is 0 Å². The molecule has 2 atom stereocenters. The molecule has 0 spiro atoms. The summed E-state index contributed by atoms with van der Waals surface area (Å²) in [6, 6.07) is -2.60. The van der Waals surface area contributed by atoms with E-state index in [1.54, 1.807) is 6.92 Å². The Morgan fingerprint density at radius 2 is 1.51 bits per heavy atom. The summed E-state index contributed by atoms with van der Waals surface area (Å²) in [6.07, 6.45) is 11.2. The van der Waals surface area contributed by atoms with Gasteiger partial charge in [-0.25, -0.2) is 4.79 Å². The Kier molecular flexibility index (Phi) is 14.9. The molecular weight excluding hydrogens is 504 g/mol. The largest absolute Gasteiger partial charge is 0.481 e. The Hall–Kier alpha value is -2.69. The molecule has 1 saturated heterocycles. The predicted molar refractivity (Wildman–Crippen MR) is 146 cm³/mol. The molecule has 2 fully saturated rings. The number of piperidine rings is 1. The van der Waals surface area contributed by atoms with Crippen molar-refractivity contribution in [2.75, 3.05) is 26.2 Å². The van der Waals surface area contributed by atoms with Crippen molar-refractivity contribution in [2.45, 2.75) is 109 Å². The topological polar surface area (TPSA) is 165 Å². The highest BCUT2D eigenvalue weighted by molar-refractivity contribution is 5.94. The molecule has 1 heterocycles. The standard InChI is InChI=1S/C28H48N4O7/c1-2-32(25(34)13-7-11-21-14-16-29-17-15-21)19-24(33)30-23(18-26(35)36)27(37)31-22(28(38)39)12-6-10-20-8-4-3-5-9-20/h20-23,29H,2-19H2,1H3,(H,30,33)(H,31,37)(H,35,36)(H,38,39)/t22-,23+/m1/s1. The Morgan fingerprint density at radius 1 is 0.872 bits per heavy atom. The molecule has 0 aromatic carbocycles. The van der Waals surface area contributed by atoms with E-state index >= 15 is 0 Å². The van der Waals surface area contributed by atoms with E-state index in [0.29, 0.717) is 31.2 Å². The summed E-state index contributed by atoms with van der Waals surface area (Å²) < 4.78 is 0. The SMILES string of the molecule is CCN(CC(=O)N[C@@H](CC(=O)O)C(=O)N[C@H](CCCC1CCCCC1)C(=O)O)C(=O)CCCC1CCNCC1. The van der Waals surface area contributed by atoms with E-state index in [1.165, 1.54) is 24.2 Å². The summed E-state index contributed by atoms with van der Waals surface area (Å²) in [5.74, 6) is -2.99. The zero-order valence-electron chi connectivity index (χ0n) is 23.4. The summed E-state index contributed by atoms with van der Waals surface area (Å²) in [7, 11) is 0. The molecule has 0 radical (unpaired) electrons. The van der Waals surface area contributed by atoms with E-state index in [9.17, 15) is 34.2 Å². The molecule has 0 unspecified atom stereocenters. The van der Waals surface area contributed by atoms with Crippen LogP contribution in [-0.4, -0.2) is 83.0 Å². The lowest BCUT2D eigenvalue weighted by molar-refractivity contribution is -0.144. The molecule has 0 aromatic rings. The van der Waals surface area contributed by atoms with Gasteiger partial charge in [-0.05, 0) is 64.0 Å². The number of nitrogens with one attached hydrogen (secondary N) is 3. The first-order valence-electron chi connectivity index (χ1n) is 14.7. The zero-order chi connectivity index (χ0) is 28.6. The van der Waals surface area contributed by atoms with Crippen LogP contribution in [-0.2, 0) is 24.0 Å². The van der Waals surface area contributed by atoms with Gasteiger partial charge in [-0.2, -0.15) is 0 Å². The second-order valence-corrected chi connectivity index (χ2v) is 11.0. The third kappa shape index (κ3) is 12.8. The van der Waals surface area contributed by atoms with Gasteiger partial charge in [0, 0.05) is 13.0 Å². The highest BCUT2D eigenvalue weighted by atomic mass is 16.4. The maximum atomic E-state index is 12.8. The minimum absolute atomic E-state index is 0.162. The van der Waals surface area contributed by atoms with E-state index in [2.05, 4.69) is 16.0 Å². The first-order valence-corrected chi connectivity index (χ1v) is 14.7. The number of rotatable bonds is 17. The number of hydrogen-bond donors (Lipinski definition) is 5. The number of aliphatic carboxylic acids is 2. The molecule has 0 bridgehead atoms. The van der Waals surface area contributed by atoms with E-state index in [-0.39, 0.29) is 18.9 Å². The molecule has 5 N–H and O–H groups in total. The second kappa shape index (κ2) is 17.8. The second-order valence-electron chi connectivity index (χ2n) is 11.0. The van der Waals surface area contributed by atoms with E-state index in [0.717, 1.165) is 58.0 Å². The molecule has 2 rings (SSSR count). The predicted octanol–water partition coefficient (Wildman–Crippen LogP) is 2.28. The van der Waals surface area contributed by atoms with E-state index in [4.69, 9.17) is 0 Å². The van der Waals surface area contributed by atoms with Crippen LogP contribution in [0, 0.1) is 11.8 Å². The summed E-state index contributed by atoms with van der Waals surface area (Å²) >= 11 is 0. The fraction of sp³-hybridized carbons (Fsp3) is 0.821. The van der Waals surface area contributed by atoms with Gasteiger partial charge in [-0.1, -0.05) is 44.9 Å². The number of amides is 3. The van der Waals surface area contributed by atoms with Crippen LogP contribution in [0.4, 0.5) is 0 Å². The summed E-state index contributed by atoms with van der Waals surface area (Å²) in [6.45, 7) is 3.76. The van der Waals surface area contributed by atoms with Gasteiger partial charge in [0.25, 0.3) is 0 Å². The van der Waals surface area contributed by atoms with Crippen LogP contribution >= 0.6 is 0 Å². The van der Waals surface area contributed by atoms with Crippen molar-refractivity contribution in [3.63, 3.8) is 0 Å². The van der Waals surface area contributed by atoms with Gasteiger partial charge in [0.1, 0.15) is 12.1 Å². The van der Waals surface area contributed by atoms with Gasteiger partial charge < -0.3 is 31.1 Å². The van der Waals surface area contributed by atoms with Gasteiger partial charge in [-0.3, -0.25) is 19.2 Å². The van der Waals surface area contributed by atoms with Gasteiger partial charge in [0.05, 0.1) is 13.0 Å². The molecule has 11 nitrogen and oxygen atoms in total. The Morgan fingerprint density at radius 3 is 2.13 bits per heavy atom. The van der Waals surface area contributed by atoms with Crippen LogP contribution in [0.15, 0.2) is 0 Å². The number of carbonyl (C=O) groups is 5. The molecule has 0 aromatic heterocycles. The number of carboxylic acids is 2. The summed E-state index contributed by atoms with van der Waals surface area (Å²) in [5.41, 5.74) is 0. The molecular formula is C28H48N4O7. The normalized spacial score (nSPS) is 18.1. The van der Waals surface area contributed by atoms with Crippen LogP contribution < -0.4 is 16.0 Å². The van der Waals surface area contributed by atoms with Crippen LogP contribution in [0.25, 0.3) is 0 Å². The van der Waals surface area contributed by atoms with Crippen molar-refractivity contribution in [3.8, 4) is 0 Å². The van der Waals surface area contributed by atoms with Crippen LogP contribution in [0.5, 0.6) is 0 Å². The lowest BCUT2D eigenvalue weighted by Gasteiger charge is -2.25. The third-order valence-corrected chi connectivity index (χ3v) is 8.01. The van der Waals surface area contributed by atoms with E-state index < -0.39 is 42.3 Å². The monoisotopic (exact) mass is 552 g/mol. The number of carboxylic acid groups (broad SMARTS) is 2. The average Bonchev–Trinajstić information content (AvgIpc) is 2.91. The lowest BCUT2D eigenvalue weighted by atomic mass is 9.85. The van der Waals surface area contributed by atoms with Gasteiger partial charge in [0.2, 0.25) is 17.7 Å². The van der Waals surface area contributed by atoms with Crippen molar-refractivity contribution in [1.82, 2.24) is 20.9 Å². The Balaban J connectivity index is 1.84. The smallest absolute Gasteiger partial charge is 0.326 e. The first-order chi connectivity index (χ1) is 18.7. The van der Waals surface area contributed by atoms with Crippen molar-refractivity contribution in [2.24, 2.45) is 11.8 Å². The minimum Gasteiger partial charge on any atom is -0.481 e. The number of hydrogen-bond acceptors (Lipinski definition) is 6.